The highest BCUT2D eigenvalue weighted by Crippen LogP contribution is 2.35. The van der Waals surface area contributed by atoms with Gasteiger partial charge in [0, 0.05) is 29.6 Å². The summed E-state index contributed by atoms with van der Waals surface area (Å²) in [6.45, 7) is 4.04. The third kappa shape index (κ3) is 4.06. The highest BCUT2D eigenvalue weighted by atomic mass is 35.5. The van der Waals surface area contributed by atoms with Crippen molar-refractivity contribution in [3.05, 3.63) is 53.7 Å². The molecule has 31 heavy (non-hydrogen) atoms. The standard InChI is InChI=1S/C23H24ClN7/c24-18-13-16(12-17-14-27-30-19(17)18)21-20(15-6-2-1-3-7-15)28-22(25)23(29-21)26-8-11-31-9-4-5-10-31/h1-3,6-7,12-14H,4-5,8-11H2,(H2,25,28)(H,26,29)(H,27,30). The van der Waals surface area contributed by atoms with Gasteiger partial charge in [-0.2, -0.15) is 5.10 Å². The summed E-state index contributed by atoms with van der Waals surface area (Å²) in [5.41, 5.74) is 10.4. The smallest absolute Gasteiger partial charge is 0.169 e. The van der Waals surface area contributed by atoms with Gasteiger partial charge in [-0.05, 0) is 38.1 Å². The Labute approximate surface area is 185 Å². The van der Waals surface area contributed by atoms with E-state index in [9.17, 15) is 0 Å². The number of halogens is 1. The Morgan fingerprint density at radius 2 is 1.81 bits per heavy atom. The van der Waals surface area contributed by atoms with Gasteiger partial charge in [-0.3, -0.25) is 5.10 Å². The van der Waals surface area contributed by atoms with Crippen LogP contribution in [-0.4, -0.2) is 51.2 Å². The van der Waals surface area contributed by atoms with Crippen molar-refractivity contribution >= 4 is 34.1 Å². The van der Waals surface area contributed by atoms with E-state index in [0.29, 0.717) is 16.7 Å². The van der Waals surface area contributed by atoms with E-state index in [1.165, 1.54) is 12.8 Å². The lowest BCUT2D eigenvalue weighted by Gasteiger charge is -2.17. The van der Waals surface area contributed by atoms with Crippen LogP contribution in [0.5, 0.6) is 0 Å². The molecular weight excluding hydrogens is 410 g/mol. The van der Waals surface area contributed by atoms with E-state index in [-0.39, 0.29) is 0 Å². The van der Waals surface area contributed by atoms with Crippen molar-refractivity contribution < 1.29 is 0 Å². The Bertz CT molecular complexity index is 1200. The van der Waals surface area contributed by atoms with Gasteiger partial charge in [0.2, 0.25) is 0 Å². The Kier molecular flexibility index (Phi) is 5.44. The molecule has 0 radical (unpaired) electrons. The molecule has 0 unspecified atom stereocenters. The first-order chi connectivity index (χ1) is 15.2. The maximum absolute atomic E-state index is 6.51. The quantitative estimate of drug-likeness (QED) is 0.416. The summed E-state index contributed by atoms with van der Waals surface area (Å²) in [6.07, 6.45) is 4.30. The van der Waals surface area contributed by atoms with E-state index in [0.717, 1.165) is 59.6 Å². The van der Waals surface area contributed by atoms with Crippen molar-refractivity contribution in [2.45, 2.75) is 12.8 Å². The second-order valence-corrected chi connectivity index (χ2v) is 8.20. The summed E-state index contributed by atoms with van der Waals surface area (Å²) in [7, 11) is 0. The molecule has 7 nitrogen and oxygen atoms in total. The number of hydrogen-bond acceptors (Lipinski definition) is 6. The van der Waals surface area contributed by atoms with Crippen molar-refractivity contribution in [3.63, 3.8) is 0 Å². The summed E-state index contributed by atoms with van der Waals surface area (Å²) < 4.78 is 0. The molecule has 1 saturated heterocycles. The van der Waals surface area contributed by atoms with Crippen LogP contribution in [0.2, 0.25) is 5.02 Å². The van der Waals surface area contributed by atoms with Crippen LogP contribution in [0.3, 0.4) is 0 Å². The summed E-state index contributed by atoms with van der Waals surface area (Å²) in [6, 6.07) is 13.9. The molecule has 5 rings (SSSR count). The van der Waals surface area contributed by atoms with Gasteiger partial charge in [0.05, 0.1) is 28.1 Å². The van der Waals surface area contributed by atoms with Crippen LogP contribution in [0.4, 0.5) is 11.6 Å². The minimum Gasteiger partial charge on any atom is -0.381 e. The predicted octanol–water partition coefficient (Wildman–Crippen LogP) is 4.43. The van der Waals surface area contributed by atoms with Gasteiger partial charge < -0.3 is 16.0 Å². The lowest BCUT2D eigenvalue weighted by Crippen LogP contribution is -2.26. The van der Waals surface area contributed by atoms with Crippen molar-refractivity contribution in [3.8, 4) is 22.5 Å². The number of H-pyrrole nitrogens is 1. The molecule has 8 heteroatoms. The average molecular weight is 434 g/mol. The highest BCUT2D eigenvalue weighted by molar-refractivity contribution is 6.35. The lowest BCUT2D eigenvalue weighted by molar-refractivity contribution is 0.352. The van der Waals surface area contributed by atoms with Gasteiger partial charge in [0.15, 0.2) is 11.6 Å². The number of aromatic amines is 1. The summed E-state index contributed by atoms with van der Waals surface area (Å²) in [5, 5.41) is 11.9. The average Bonchev–Trinajstić information content (AvgIpc) is 3.47. The number of nitrogen functional groups attached to an aromatic ring is 1. The number of likely N-dealkylation sites (tertiary alicyclic amines) is 1. The van der Waals surface area contributed by atoms with E-state index in [1.807, 2.05) is 42.5 Å². The first-order valence-corrected chi connectivity index (χ1v) is 10.9. The summed E-state index contributed by atoms with van der Waals surface area (Å²) in [5.74, 6) is 0.983. The number of nitrogens with zero attached hydrogens (tertiary/aromatic N) is 4. The molecular formula is C23H24ClN7. The number of nitrogens with two attached hydrogens (primary N) is 1. The van der Waals surface area contributed by atoms with Crippen LogP contribution in [0.15, 0.2) is 48.7 Å². The number of rotatable bonds is 6. The maximum atomic E-state index is 6.51. The molecule has 4 aromatic rings. The third-order valence-corrected chi connectivity index (χ3v) is 5.96. The Morgan fingerprint density at radius 1 is 1.03 bits per heavy atom. The van der Waals surface area contributed by atoms with E-state index < -0.39 is 0 Å². The molecule has 1 fully saturated rings. The zero-order valence-corrected chi connectivity index (χ0v) is 17.9. The van der Waals surface area contributed by atoms with Crippen LogP contribution in [-0.2, 0) is 0 Å². The number of aromatic nitrogens is 4. The zero-order chi connectivity index (χ0) is 21.2. The van der Waals surface area contributed by atoms with Crippen molar-refractivity contribution in [1.29, 1.82) is 0 Å². The van der Waals surface area contributed by atoms with Crippen LogP contribution < -0.4 is 11.1 Å². The van der Waals surface area contributed by atoms with Gasteiger partial charge in [-0.1, -0.05) is 41.9 Å². The molecule has 3 heterocycles. The number of benzene rings is 2. The van der Waals surface area contributed by atoms with Gasteiger partial charge in [0.1, 0.15) is 0 Å². The number of anilines is 2. The molecule has 0 spiro atoms. The Balaban J connectivity index is 1.55. The molecule has 158 valence electrons. The molecule has 2 aromatic heterocycles. The van der Waals surface area contributed by atoms with E-state index in [2.05, 4.69) is 20.4 Å². The molecule has 2 aromatic carbocycles. The van der Waals surface area contributed by atoms with Crippen LogP contribution >= 0.6 is 11.6 Å². The monoisotopic (exact) mass is 433 g/mol. The van der Waals surface area contributed by atoms with Crippen LogP contribution in [0.1, 0.15) is 12.8 Å². The lowest BCUT2D eigenvalue weighted by atomic mass is 10.0. The van der Waals surface area contributed by atoms with Crippen LogP contribution in [0, 0.1) is 0 Å². The van der Waals surface area contributed by atoms with E-state index in [4.69, 9.17) is 27.3 Å². The van der Waals surface area contributed by atoms with Crippen LogP contribution in [0.25, 0.3) is 33.4 Å². The van der Waals surface area contributed by atoms with Crippen molar-refractivity contribution in [2.24, 2.45) is 0 Å². The fraction of sp³-hybridized carbons (Fsp3) is 0.261. The SMILES string of the molecule is Nc1nc(-c2ccccc2)c(-c2cc(Cl)c3[nH]ncc3c2)nc1NCCN1CCCC1. The van der Waals surface area contributed by atoms with E-state index >= 15 is 0 Å². The highest BCUT2D eigenvalue weighted by Gasteiger charge is 2.18. The molecule has 0 bridgehead atoms. The van der Waals surface area contributed by atoms with Gasteiger partial charge in [-0.25, -0.2) is 9.97 Å². The largest absolute Gasteiger partial charge is 0.381 e. The fourth-order valence-corrected chi connectivity index (χ4v) is 4.34. The second kappa shape index (κ2) is 8.53. The maximum Gasteiger partial charge on any atom is 0.169 e. The molecule has 1 aliphatic rings. The molecule has 0 atom stereocenters. The molecule has 4 N–H and O–H groups in total. The minimum atomic E-state index is 0.388. The normalized spacial score (nSPS) is 14.4. The predicted molar refractivity (Wildman–Crippen MR) is 126 cm³/mol. The molecule has 0 saturated carbocycles. The summed E-state index contributed by atoms with van der Waals surface area (Å²) >= 11 is 6.51. The summed E-state index contributed by atoms with van der Waals surface area (Å²) in [4.78, 5) is 12.1. The van der Waals surface area contributed by atoms with Gasteiger partial charge >= 0.3 is 0 Å². The zero-order valence-electron chi connectivity index (χ0n) is 17.1. The minimum absolute atomic E-state index is 0.388. The third-order valence-electron chi connectivity index (χ3n) is 5.66. The van der Waals surface area contributed by atoms with Gasteiger partial charge in [0.25, 0.3) is 0 Å². The number of nitrogens with one attached hydrogen (secondary N) is 2. The fourth-order valence-electron chi connectivity index (χ4n) is 4.07. The Hall–Kier alpha value is -3.16. The number of hydrogen-bond donors (Lipinski definition) is 3. The molecule has 0 aliphatic carbocycles. The second-order valence-electron chi connectivity index (χ2n) is 7.79. The molecule has 1 aliphatic heterocycles. The first kappa shape index (κ1) is 19.8. The number of fused-ring (bicyclic) bond motifs is 1. The molecule has 0 amide bonds. The van der Waals surface area contributed by atoms with Crippen molar-refractivity contribution in [2.75, 3.05) is 37.2 Å². The Morgan fingerprint density at radius 3 is 2.61 bits per heavy atom. The van der Waals surface area contributed by atoms with E-state index in [1.54, 1.807) is 6.20 Å². The first-order valence-electron chi connectivity index (χ1n) is 10.5. The van der Waals surface area contributed by atoms with Gasteiger partial charge in [-0.15, -0.1) is 0 Å². The topological polar surface area (TPSA) is 95.8 Å². The van der Waals surface area contributed by atoms with Crippen molar-refractivity contribution in [1.82, 2.24) is 25.1 Å².